The van der Waals surface area contributed by atoms with Crippen molar-refractivity contribution < 1.29 is 9.50 Å². The zero-order valence-corrected chi connectivity index (χ0v) is 13.8. The highest BCUT2D eigenvalue weighted by Gasteiger charge is 2.31. The van der Waals surface area contributed by atoms with E-state index in [1.807, 2.05) is 0 Å². The van der Waals surface area contributed by atoms with Crippen LogP contribution in [0.2, 0.25) is 0 Å². The van der Waals surface area contributed by atoms with Crippen LogP contribution in [0.15, 0.2) is 22.7 Å². The maximum Gasteiger partial charge on any atom is 0.126 e. The molecule has 1 heterocycles. The summed E-state index contributed by atoms with van der Waals surface area (Å²) in [6.45, 7) is 6.25. The third kappa shape index (κ3) is 4.03. The van der Waals surface area contributed by atoms with Crippen LogP contribution in [0.5, 0.6) is 0 Å². The smallest absolute Gasteiger partial charge is 0.126 e. The van der Waals surface area contributed by atoms with Crippen molar-refractivity contribution in [3.05, 3.63) is 34.1 Å². The van der Waals surface area contributed by atoms with Crippen molar-refractivity contribution in [3.8, 4) is 0 Å². The molecule has 0 spiro atoms. The Hall–Kier alpha value is -0.450. The highest BCUT2D eigenvalue weighted by molar-refractivity contribution is 9.10. The summed E-state index contributed by atoms with van der Waals surface area (Å²) in [4.78, 5) is 2.38. The molecule has 1 aromatic rings. The van der Waals surface area contributed by atoms with E-state index in [1.165, 1.54) is 6.07 Å². The lowest BCUT2D eigenvalue weighted by atomic mass is 9.87. The minimum atomic E-state index is -0.786. The fraction of sp³-hybridized carbons (Fsp3) is 0.625. The van der Waals surface area contributed by atoms with Gasteiger partial charge in [0.05, 0.1) is 5.60 Å². The molecular weight excluding hydrogens is 321 g/mol. The van der Waals surface area contributed by atoms with Gasteiger partial charge < -0.3 is 10.0 Å². The van der Waals surface area contributed by atoms with Gasteiger partial charge in [0.25, 0.3) is 0 Å². The summed E-state index contributed by atoms with van der Waals surface area (Å²) in [5.41, 5.74) is -0.189. The lowest BCUT2D eigenvalue weighted by Crippen LogP contribution is -2.35. The number of likely N-dealkylation sites (tertiary alicyclic amines) is 1. The van der Waals surface area contributed by atoms with Crippen LogP contribution in [-0.4, -0.2) is 34.7 Å². The number of halogens is 2. The molecule has 0 bridgehead atoms. The first kappa shape index (κ1) is 15.9. The molecule has 0 saturated carbocycles. The van der Waals surface area contributed by atoms with Gasteiger partial charge >= 0.3 is 0 Å². The van der Waals surface area contributed by atoms with Crippen molar-refractivity contribution in [1.82, 2.24) is 4.90 Å². The van der Waals surface area contributed by atoms with Crippen molar-refractivity contribution in [2.45, 2.75) is 51.2 Å². The first-order chi connectivity index (χ1) is 9.39. The first-order valence-electron chi connectivity index (χ1n) is 7.30. The second-order valence-corrected chi connectivity index (χ2v) is 7.04. The van der Waals surface area contributed by atoms with E-state index in [2.05, 4.69) is 34.7 Å². The predicted molar refractivity (Wildman–Crippen MR) is 83.3 cm³/mol. The molecule has 2 nitrogen and oxygen atoms in total. The molecule has 0 aliphatic carbocycles. The molecule has 1 aliphatic rings. The summed E-state index contributed by atoms with van der Waals surface area (Å²) in [6.07, 6.45) is 2.80. The Labute approximate surface area is 129 Å². The van der Waals surface area contributed by atoms with E-state index >= 15 is 0 Å². The Morgan fingerprint density at radius 3 is 2.80 bits per heavy atom. The Morgan fingerprint density at radius 1 is 1.35 bits per heavy atom. The van der Waals surface area contributed by atoms with Gasteiger partial charge in [-0.2, -0.15) is 0 Å². The second kappa shape index (κ2) is 6.54. The molecule has 1 unspecified atom stereocenters. The Bertz CT molecular complexity index is 466. The van der Waals surface area contributed by atoms with Gasteiger partial charge in [-0.05, 0) is 63.4 Å². The van der Waals surface area contributed by atoms with Crippen LogP contribution in [-0.2, 0) is 6.42 Å². The standard InChI is InChI=1S/C16H23BrFNO/c1-12(2)19-8-3-6-16(20,7-9-19)11-13-10-14(17)4-5-15(13)18/h4-5,10,12,20H,3,6-9,11H2,1-2H3. The maximum absolute atomic E-state index is 13.9. The predicted octanol–water partition coefficient (Wildman–Crippen LogP) is 3.76. The summed E-state index contributed by atoms with van der Waals surface area (Å²) in [6, 6.07) is 5.43. The molecule has 112 valence electrons. The fourth-order valence-corrected chi connectivity index (χ4v) is 3.33. The van der Waals surface area contributed by atoms with Gasteiger partial charge in [0, 0.05) is 23.5 Å². The number of hydrogen-bond acceptors (Lipinski definition) is 2. The lowest BCUT2D eigenvalue weighted by molar-refractivity contribution is 0.0241. The Morgan fingerprint density at radius 2 is 2.10 bits per heavy atom. The molecule has 1 aliphatic heterocycles. The second-order valence-electron chi connectivity index (χ2n) is 6.12. The topological polar surface area (TPSA) is 23.5 Å². The zero-order chi connectivity index (χ0) is 14.8. The molecule has 1 atom stereocenters. The van der Waals surface area contributed by atoms with Crippen molar-refractivity contribution in [2.75, 3.05) is 13.1 Å². The largest absolute Gasteiger partial charge is 0.389 e. The molecule has 4 heteroatoms. The number of benzene rings is 1. The quantitative estimate of drug-likeness (QED) is 0.903. The highest BCUT2D eigenvalue weighted by atomic mass is 79.9. The van der Waals surface area contributed by atoms with Gasteiger partial charge in [0.2, 0.25) is 0 Å². The number of rotatable bonds is 3. The van der Waals surface area contributed by atoms with Crippen LogP contribution in [0.3, 0.4) is 0 Å². The molecule has 0 aromatic heterocycles. The van der Waals surface area contributed by atoms with Crippen molar-refractivity contribution in [2.24, 2.45) is 0 Å². The minimum Gasteiger partial charge on any atom is -0.389 e. The average Bonchev–Trinajstić information content (AvgIpc) is 2.56. The summed E-state index contributed by atoms with van der Waals surface area (Å²) >= 11 is 3.37. The monoisotopic (exact) mass is 343 g/mol. The maximum atomic E-state index is 13.9. The molecule has 1 saturated heterocycles. The zero-order valence-electron chi connectivity index (χ0n) is 12.2. The molecule has 0 radical (unpaired) electrons. The van der Waals surface area contributed by atoms with Crippen molar-refractivity contribution >= 4 is 15.9 Å². The SMILES string of the molecule is CC(C)N1CCCC(O)(Cc2cc(Br)ccc2F)CC1. The van der Waals surface area contributed by atoms with Crippen LogP contribution in [0, 0.1) is 5.82 Å². The van der Waals surface area contributed by atoms with E-state index in [-0.39, 0.29) is 5.82 Å². The summed E-state index contributed by atoms with van der Waals surface area (Å²) < 4.78 is 14.7. The van der Waals surface area contributed by atoms with Gasteiger partial charge in [0.15, 0.2) is 0 Å². The van der Waals surface area contributed by atoms with Crippen LogP contribution in [0.1, 0.15) is 38.7 Å². The highest BCUT2D eigenvalue weighted by Crippen LogP contribution is 2.29. The lowest BCUT2D eigenvalue weighted by Gasteiger charge is -2.28. The molecule has 1 fully saturated rings. The Balaban J connectivity index is 2.09. The summed E-state index contributed by atoms with van der Waals surface area (Å²) in [7, 11) is 0. The minimum absolute atomic E-state index is 0.230. The van der Waals surface area contributed by atoms with E-state index in [4.69, 9.17) is 0 Å². The number of nitrogens with zero attached hydrogens (tertiary/aromatic N) is 1. The molecular formula is C16H23BrFNO. The van der Waals surface area contributed by atoms with E-state index in [0.717, 1.165) is 30.4 Å². The fourth-order valence-electron chi connectivity index (χ4n) is 2.93. The van der Waals surface area contributed by atoms with Gasteiger partial charge in [-0.25, -0.2) is 4.39 Å². The average molecular weight is 344 g/mol. The van der Waals surface area contributed by atoms with Gasteiger partial charge in [-0.3, -0.25) is 0 Å². The molecule has 1 aromatic carbocycles. The molecule has 1 N–H and O–H groups in total. The van der Waals surface area contributed by atoms with Crippen LogP contribution in [0.4, 0.5) is 4.39 Å². The van der Waals surface area contributed by atoms with E-state index in [9.17, 15) is 9.50 Å². The van der Waals surface area contributed by atoms with Gasteiger partial charge in [0.1, 0.15) is 5.82 Å². The molecule has 2 rings (SSSR count). The van der Waals surface area contributed by atoms with Crippen molar-refractivity contribution in [3.63, 3.8) is 0 Å². The number of aliphatic hydroxyl groups is 1. The van der Waals surface area contributed by atoms with Gasteiger partial charge in [-0.1, -0.05) is 15.9 Å². The van der Waals surface area contributed by atoms with Crippen LogP contribution in [0.25, 0.3) is 0 Å². The van der Waals surface area contributed by atoms with Crippen molar-refractivity contribution in [1.29, 1.82) is 0 Å². The first-order valence-corrected chi connectivity index (χ1v) is 8.09. The van der Waals surface area contributed by atoms with E-state index in [1.54, 1.807) is 12.1 Å². The summed E-state index contributed by atoms with van der Waals surface area (Å²) in [5.74, 6) is -0.230. The van der Waals surface area contributed by atoms with Gasteiger partial charge in [-0.15, -0.1) is 0 Å². The third-order valence-electron chi connectivity index (χ3n) is 4.21. The van der Waals surface area contributed by atoms with Crippen LogP contribution < -0.4 is 0 Å². The number of hydrogen-bond donors (Lipinski definition) is 1. The summed E-state index contributed by atoms with van der Waals surface area (Å²) in [5, 5.41) is 10.8. The molecule has 20 heavy (non-hydrogen) atoms. The Kier molecular flexibility index (Phi) is 5.21. The molecule has 0 amide bonds. The van der Waals surface area contributed by atoms with Crippen LogP contribution >= 0.6 is 15.9 Å². The van der Waals surface area contributed by atoms with E-state index < -0.39 is 5.60 Å². The third-order valence-corrected chi connectivity index (χ3v) is 4.70. The van der Waals surface area contributed by atoms with E-state index in [0.29, 0.717) is 24.4 Å². The normalized spacial score (nSPS) is 24.9.